The van der Waals surface area contributed by atoms with Crippen LogP contribution in [0.3, 0.4) is 0 Å². The number of ether oxygens (including phenoxy) is 1. The predicted octanol–water partition coefficient (Wildman–Crippen LogP) is 3.57. The van der Waals surface area contributed by atoms with Crippen molar-refractivity contribution in [1.29, 1.82) is 0 Å². The number of carbonyl (C=O) groups excluding carboxylic acids is 1. The molecule has 1 amide bonds. The molecule has 1 heterocycles. The minimum atomic E-state index is -4.40. The Hall–Kier alpha value is -1.76. The van der Waals surface area contributed by atoms with Crippen LogP contribution in [0, 0.1) is 6.92 Å². The van der Waals surface area contributed by atoms with Crippen molar-refractivity contribution in [3.8, 4) is 0 Å². The molecule has 1 aliphatic rings. The Morgan fingerprint density at radius 1 is 1.29 bits per heavy atom. The van der Waals surface area contributed by atoms with Crippen molar-refractivity contribution < 1.29 is 22.7 Å². The summed E-state index contributed by atoms with van der Waals surface area (Å²) in [6.07, 6.45) is -4.09. The Morgan fingerprint density at radius 3 is 2.54 bits per heavy atom. The Kier molecular flexibility index (Phi) is 6.10. The predicted molar refractivity (Wildman–Crippen MR) is 84.2 cm³/mol. The minimum Gasteiger partial charge on any atom is -0.445 e. The van der Waals surface area contributed by atoms with Gasteiger partial charge in [-0.15, -0.1) is 0 Å². The highest BCUT2D eigenvalue weighted by Gasteiger charge is 2.30. The second kappa shape index (κ2) is 7.88. The first-order valence-corrected chi connectivity index (χ1v) is 7.92. The average molecular weight is 343 g/mol. The molecule has 0 saturated carbocycles. The van der Waals surface area contributed by atoms with Crippen LogP contribution in [0.1, 0.15) is 24.5 Å². The van der Waals surface area contributed by atoms with Gasteiger partial charge in [0, 0.05) is 32.2 Å². The summed E-state index contributed by atoms with van der Waals surface area (Å²) >= 11 is 0. The maximum atomic E-state index is 12.7. The number of hydrogen-bond donors (Lipinski definition) is 0. The second-order valence-electron chi connectivity index (χ2n) is 5.91. The first-order valence-electron chi connectivity index (χ1n) is 7.92. The van der Waals surface area contributed by atoms with Gasteiger partial charge in [0.2, 0.25) is 0 Å². The van der Waals surface area contributed by atoms with E-state index in [0.717, 1.165) is 31.6 Å². The fourth-order valence-corrected chi connectivity index (χ4v) is 2.60. The van der Waals surface area contributed by atoms with E-state index in [1.54, 1.807) is 4.90 Å². The van der Waals surface area contributed by atoms with Gasteiger partial charge in [0.15, 0.2) is 0 Å². The summed E-state index contributed by atoms with van der Waals surface area (Å²) in [5.74, 6) is 0. The molecule has 1 unspecified atom stereocenters. The van der Waals surface area contributed by atoms with Gasteiger partial charge >= 0.3 is 12.3 Å². The van der Waals surface area contributed by atoms with E-state index in [1.807, 2.05) is 0 Å². The Bertz CT molecular complexity index is 555. The van der Waals surface area contributed by atoms with E-state index in [0.29, 0.717) is 24.7 Å². The Morgan fingerprint density at radius 2 is 1.96 bits per heavy atom. The molecule has 133 valence electrons. The fraction of sp³-hybridized carbons (Fsp3) is 0.529. The highest BCUT2D eigenvalue weighted by atomic mass is 19.4. The van der Waals surface area contributed by atoms with Gasteiger partial charge in [-0.1, -0.05) is 19.1 Å². The average Bonchev–Trinajstić information content (AvgIpc) is 2.58. The maximum absolute atomic E-state index is 12.7. The summed E-state index contributed by atoms with van der Waals surface area (Å²) in [4.78, 5) is 15.9. The first kappa shape index (κ1) is 18.6. The molecule has 0 aliphatic carbocycles. The molecule has 7 heteroatoms. The molecule has 2 rings (SSSR count). The van der Waals surface area contributed by atoms with Gasteiger partial charge in [-0.2, -0.15) is 13.2 Å². The third-order valence-corrected chi connectivity index (χ3v) is 4.23. The van der Waals surface area contributed by atoms with Crippen molar-refractivity contribution in [2.75, 3.05) is 26.2 Å². The SMILES string of the molecule is [CH2]CC(C)N1CCN(C(=O)OCc2cccc(C(F)(F)F)c2)CC1. The fourth-order valence-electron chi connectivity index (χ4n) is 2.60. The second-order valence-corrected chi connectivity index (χ2v) is 5.91. The van der Waals surface area contributed by atoms with E-state index < -0.39 is 17.8 Å². The number of carbonyl (C=O) groups is 1. The van der Waals surface area contributed by atoms with Crippen LogP contribution >= 0.6 is 0 Å². The number of piperazine rings is 1. The summed E-state index contributed by atoms with van der Waals surface area (Å²) in [5.41, 5.74) is -0.422. The van der Waals surface area contributed by atoms with Crippen LogP contribution in [-0.2, 0) is 17.5 Å². The lowest BCUT2D eigenvalue weighted by Gasteiger charge is -2.37. The van der Waals surface area contributed by atoms with Crippen molar-refractivity contribution >= 4 is 6.09 Å². The molecule has 0 spiro atoms. The summed E-state index contributed by atoms with van der Waals surface area (Å²) in [6, 6.07) is 5.19. The quantitative estimate of drug-likeness (QED) is 0.838. The minimum absolute atomic E-state index is 0.168. The Labute approximate surface area is 140 Å². The summed E-state index contributed by atoms with van der Waals surface area (Å²) < 4.78 is 43.1. The highest BCUT2D eigenvalue weighted by Crippen LogP contribution is 2.29. The molecule has 24 heavy (non-hydrogen) atoms. The van der Waals surface area contributed by atoms with Gasteiger partial charge in [0.25, 0.3) is 0 Å². The zero-order valence-electron chi connectivity index (χ0n) is 13.7. The van der Waals surface area contributed by atoms with E-state index in [4.69, 9.17) is 4.74 Å². The summed E-state index contributed by atoms with van der Waals surface area (Å²) in [7, 11) is 0. The summed E-state index contributed by atoms with van der Waals surface area (Å²) in [6.45, 7) is 8.38. The van der Waals surface area contributed by atoms with Crippen LogP contribution in [0.15, 0.2) is 24.3 Å². The van der Waals surface area contributed by atoms with Crippen LogP contribution < -0.4 is 0 Å². The third-order valence-electron chi connectivity index (χ3n) is 4.23. The Balaban J connectivity index is 1.84. The van der Waals surface area contributed by atoms with Crippen molar-refractivity contribution in [2.24, 2.45) is 0 Å². The molecule has 1 saturated heterocycles. The largest absolute Gasteiger partial charge is 0.445 e. The lowest BCUT2D eigenvalue weighted by molar-refractivity contribution is -0.137. The molecule has 4 nitrogen and oxygen atoms in total. The van der Waals surface area contributed by atoms with Crippen molar-refractivity contribution in [2.45, 2.75) is 32.2 Å². The van der Waals surface area contributed by atoms with Gasteiger partial charge < -0.3 is 9.64 Å². The van der Waals surface area contributed by atoms with Gasteiger partial charge in [-0.05, 0) is 31.0 Å². The van der Waals surface area contributed by atoms with Crippen molar-refractivity contribution in [3.05, 3.63) is 42.3 Å². The molecular formula is C17H22F3N2O2. The van der Waals surface area contributed by atoms with E-state index in [9.17, 15) is 18.0 Å². The molecule has 1 radical (unpaired) electrons. The van der Waals surface area contributed by atoms with Crippen LogP contribution in [0.2, 0.25) is 0 Å². The standard InChI is InChI=1S/C17H22F3N2O2/c1-3-13(2)21-7-9-22(10-8-21)16(23)24-12-14-5-4-6-15(11-14)17(18,19)20/h4-6,11,13H,1,3,7-10,12H2,2H3. The van der Waals surface area contributed by atoms with Crippen LogP contribution in [-0.4, -0.2) is 48.1 Å². The molecule has 1 aliphatic heterocycles. The highest BCUT2D eigenvalue weighted by molar-refractivity contribution is 5.67. The van der Waals surface area contributed by atoms with Crippen molar-refractivity contribution in [3.63, 3.8) is 0 Å². The summed E-state index contributed by atoms with van der Waals surface area (Å²) in [5, 5.41) is 0. The lowest BCUT2D eigenvalue weighted by Crippen LogP contribution is -2.51. The number of halogens is 3. The molecule has 0 aromatic heterocycles. The van der Waals surface area contributed by atoms with E-state index in [-0.39, 0.29) is 6.61 Å². The number of amides is 1. The van der Waals surface area contributed by atoms with Gasteiger partial charge in [-0.3, -0.25) is 4.90 Å². The number of rotatable bonds is 4. The molecular weight excluding hydrogens is 321 g/mol. The zero-order valence-corrected chi connectivity index (χ0v) is 13.7. The van der Waals surface area contributed by atoms with Crippen LogP contribution in [0.4, 0.5) is 18.0 Å². The number of nitrogens with zero attached hydrogens (tertiary/aromatic N) is 2. The first-order chi connectivity index (χ1) is 11.3. The molecule has 1 atom stereocenters. The maximum Gasteiger partial charge on any atom is 0.416 e. The van der Waals surface area contributed by atoms with E-state index >= 15 is 0 Å². The topological polar surface area (TPSA) is 32.8 Å². The normalized spacial score (nSPS) is 17.6. The third kappa shape index (κ3) is 4.87. The molecule has 0 bridgehead atoms. The van der Waals surface area contributed by atoms with Gasteiger partial charge in [0.05, 0.1) is 5.56 Å². The molecule has 1 aromatic carbocycles. The lowest BCUT2D eigenvalue weighted by atomic mass is 10.1. The number of benzene rings is 1. The molecule has 0 N–H and O–H groups in total. The van der Waals surface area contributed by atoms with Gasteiger partial charge in [0.1, 0.15) is 6.61 Å². The van der Waals surface area contributed by atoms with E-state index in [1.165, 1.54) is 12.1 Å². The number of alkyl halides is 3. The van der Waals surface area contributed by atoms with E-state index in [2.05, 4.69) is 18.7 Å². The van der Waals surface area contributed by atoms with Gasteiger partial charge in [-0.25, -0.2) is 4.79 Å². The smallest absolute Gasteiger partial charge is 0.416 e. The van der Waals surface area contributed by atoms with Crippen LogP contribution in [0.5, 0.6) is 0 Å². The zero-order chi connectivity index (χ0) is 17.7. The molecule has 1 fully saturated rings. The van der Waals surface area contributed by atoms with Crippen molar-refractivity contribution in [1.82, 2.24) is 9.80 Å². The monoisotopic (exact) mass is 343 g/mol. The molecule has 1 aromatic rings. The number of hydrogen-bond acceptors (Lipinski definition) is 3. The van der Waals surface area contributed by atoms with Crippen LogP contribution in [0.25, 0.3) is 0 Å².